The zero-order valence-electron chi connectivity index (χ0n) is 9.21. The molecule has 18 heavy (non-hydrogen) atoms. The van der Waals surface area contributed by atoms with Crippen molar-refractivity contribution in [2.45, 2.75) is 0 Å². The second-order valence-electron chi connectivity index (χ2n) is 3.71. The quantitative estimate of drug-likeness (QED) is 0.694. The molecule has 2 heterocycles. The molecule has 1 aromatic carbocycles. The number of benzene rings is 1. The summed E-state index contributed by atoms with van der Waals surface area (Å²) < 4.78 is 2.48. The molecule has 0 aliphatic heterocycles. The van der Waals surface area contributed by atoms with E-state index in [0.717, 1.165) is 10.0 Å². The summed E-state index contributed by atoms with van der Waals surface area (Å²) >= 11 is 3.47. The molecule has 0 fully saturated rings. The van der Waals surface area contributed by atoms with Crippen LogP contribution in [0.25, 0.3) is 17.0 Å². The van der Waals surface area contributed by atoms with Crippen LogP contribution < -0.4 is 0 Å². The third kappa shape index (κ3) is 1.67. The van der Waals surface area contributed by atoms with E-state index in [1.165, 1.54) is 0 Å². The Labute approximate surface area is 112 Å². The van der Waals surface area contributed by atoms with Gasteiger partial charge in [0.05, 0.1) is 0 Å². The zero-order valence-corrected chi connectivity index (χ0v) is 10.8. The minimum Gasteiger partial charge on any atom is -0.207 e. The minimum absolute atomic E-state index is 0.471. The van der Waals surface area contributed by atoms with E-state index in [4.69, 9.17) is 5.26 Å². The first-order valence-electron chi connectivity index (χ1n) is 5.30. The molecule has 0 N–H and O–H groups in total. The number of pyridine rings is 1. The highest BCUT2D eigenvalue weighted by atomic mass is 79.9. The van der Waals surface area contributed by atoms with Crippen LogP contribution in [0.1, 0.15) is 5.69 Å². The molecule has 0 saturated carbocycles. The molecule has 0 aliphatic carbocycles. The number of nitrogens with zero attached hydrogens (tertiary/aromatic N) is 4. The Hall–Kier alpha value is -2.19. The lowest BCUT2D eigenvalue weighted by Gasteiger charge is -1.97. The second kappa shape index (κ2) is 4.24. The Morgan fingerprint density at radius 3 is 2.72 bits per heavy atom. The minimum atomic E-state index is 0.471. The Morgan fingerprint density at radius 1 is 1.11 bits per heavy atom. The highest BCUT2D eigenvalue weighted by Gasteiger charge is 2.10. The van der Waals surface area contributed by atoms with Crippen molar-refractivity contribution >= 4 is 21.6 Å². The normalized spacial score (nSPS) is 10.4. The van der Waals surface area contributed by atoms with Crippen LogP contribution >= 0.6 is 15.9 Å². The van der Waals surface area contributed by atoms with Gasteiger partial charge in [0.1, 0.15) is 11.8 Å². The van der Waals surface area contributed by atoms with Crippen LogP contribution in [0.15, 0.2) is 46.9 Å². The zero-order chi connectivity index (χ0) is 12.5. The fourth-order valence-corrected chi connectivity index (χ4v) is 2.21. The van der Waals surface area contributed by atoms with Gasteiger partial charge in [0.15, 0.2) is 11.5 Å². The first-order chi connectivity index (χ1) is 8.79. The average molecular weight is 299 g/mol. The molecule has 4 nitrogen and oxygen atoms in total. The fraction of sp³-hybridized carbons (Fsp3) is 0. The van der Waals surface area contributed by atoms with Crippen molar-refractivity contribution in [2.75, 3.05) is 0 Å². The maximum absolute atomic E-state index is 9.02. The van der Waals surface area contributed by atoms with Gasteiger partial charge in [-0.2, -0.15) is 5.26 Å². The van der Waals surface area contributed by atoms with Crippen molar-refractivity contribution in [3.05, 3.63) is 52.6 Å². The molecule has 5 heteroatoms. The van der Waals surface area contributed by atoms with E-state index >= 15 is 0 Å². The summed E-state index contributed by atoms with van der Waals surface area (Å²) in [5.74, 6) is 0.602. The van der Waals surface area contributed by atoms with Crippen molar-refractivity contribution in [2.24, 2.45) is 0 Å². The highest BCUT2D eigenvalue weighted by molar-refractivity contribution is 9.10. The molecule has 0 amide bonds. The Kier molecular flexibility index (Phi) is 2.58. The van der Waals surface area contributed by atoms with Crippen LogP contribution in [0.4, 0.5) is 0 Å². The van der Waals surface area contributed by atoms with E-state index in [1.807, 2.05) is 30.3 Å². The molecule has 3 rings (SSSR count). The fourth-order valence-electron chi connectivity index (χ4n) is 1.75. The SMILES string of the molecule is N#Cc1cccc2nc(-c3ccccc3Br)nn12. The summed E-state index contributed by atoms with van der Waals surface area (Å²) in [6.45, 7) is 0. The molecular weight excluding hydrogens is 292 g/mol. The average Bonchev–Trinajstić information content (AvgIpc) is 2.82. The third-order valence-corrected chi connectivity index (χ3v) is 3.28. The number of rotatable bonds is 1. The van der Waals surface area contributed by atoms with E-state index in [1.54, 1.807) is 16.6 Å². The van der Waals surface area contributed by atoms with Gasteiger partial charge in [-0.3, -0.25) is 0 Å². The van der Waals surface area contributed by atoms with Crippen molar-refractivity contribution in [3.63, 3.8) is 0 Å². The van der Waals surface area contributed by atoms with Crippen molar-refractivity contribution in [1.29, 1.82) is 5.26 Å². The molecule has 0 bridgehead atoms. The molecule has 0 saturated heterocycles. The predicted octanol–water partition coefficient (Wildman–Crippen LogP) is 3.03. The van der Waals surface area contributed by atoms with Gasteiger partial charge >= 0.3 is 0 Å². The van der Waals surface area contributed by atoms with E-state index in [2.05, 4.69) is 32.1 Å². The topological polar surface area (TPSA) is 54.0 Å². The maximum atomic E-state index is 9.02. The number of hydrogen-bond acceptors (Lipinski definition) is 3. The summed E-state index contributed by atoms with van der Waals surface area (Å²) in [6.07, 6.45) is 0. The molecule has 0 unspecified atom stereocenters. The maximum Gasteiger partial charge on any atom is 0.183 e. The number of fused-ring (bicyclic) bond motifs is 1. The predicted molar refractivity (Wildman–Crippen MR) is 70.8 cm³/mol. The Bertz CT molecular complexity index is 770. The lowest BCUT2D eigenvalue weighted by molar-refractivity contribution is 0.945. The standard InChI is InChI=1S/C13H7BrN4/c14-11-6-2-1-5-10(11)13-16-12-7-3-4-9(8-15)18(12)17-13/h1-7H. The summed E-state index contributed by atoms with van der Waals surface area (Å²) in [4.78, 5) is 4.42. The molecule has 0 spiro atoms. The van der Waals surface area contributed by atoms with Gasteiger partial charge in [-0.1, -0.05) is 34.1 Å². The van der Waals surface area contributed by atoms with Gasteiger partial charge in [0.25, 0.3) is 0 Å². The van der Waals surface area contributed by atoms with Gasteiger partial charge in [-0.15, -0.1) is 5.10 Å². The van der Waals surface area contributed by atoms with Crippen LogP contribution in [0.3, 0.4) is 0 Å². The summed E-state index contributed by atoms with van der Waals surface area (Å²) in [7, 11) is 0. The molecule has 3 aromatic rings. The van der Waals surface area contributed by atoms with E-state index in [-0.39, 0.29) is 0 Å². The first-order valence-corrected chi connectivity index (χ1v) is 6.09. The van der Waals surface area contributed by atoms with E-state index in [0.29, 0.717) is 17.2 Å². The van der Waals surface area contributed by atoms with Gasteiger partial charge in [-0.25, -0.2) is 9.50 Å². The van der Waals surface area contributed by atoms with Gasteiger partial charge < -0.3 is 0 Å². The number of halogens is 1. The van der Waals surface area contributed by atoms with Gasteiger partial charge in [0.2, 0.25) is 0 Å². The van der Waals surface area contributed by atoms with Crippen molar-refractivity contribution in [3.8, 4) is 17.5 Å². The molecule has 0 atom stereocenters. The van der Waals surface area contributed by atoms with Crippen LogP contribution in [0.5, 0.6) is 0 Å². The summed E-state index contributed by atoms with van der Waals surface area (Å²) in [6, 6.07) is 15.2. The first kappa shape index (κ1) is 10.9. The van der Waals surface area contributed by atoms with Gasteiger partial charge in [0, 0.05) is 10.0 Å². The monoisotopic (exact) mass is 298 g/mol. The Morgan fingerprint density at radius 2 is 1.94 bits per heavy atom. The van der Waals surface area contributed by atoms with Crippen molar-refractivity contribution in [1.82, 2.24) is 14.6 Å². The summed E-state index contributed by atoms with van der Waals surface area (Å²) in [5.41, 5.74) is 2.04. The number of nitriles is 1. The molecule has 86 valence electrons. The van der Waals surface area contributed by atoms with Crippen LogP contribution in [-0.2, 0) is 0 Å². The Balaban J connectivity index is 2.27. The van der Waals surface area contributed by atoms with Crippen LogP contribution in [0.2, 0.25) is 0 Å². The molecule has 2 aromatic heterocycles. The van der Waals surface area contributed by atoms with E-state index in [9.17, 15) is 0 Å². The number of aromatic nitrogens is 3. The highest BCUT2D eigenvalue weighted by Crippen LogP contribution is 2.25. The van der Waals surface area contributed by atoms with E-state index < -0.39 is 0 Å². The third-order valence-electron chi connectivity index (χ3n) is 2.59. The van der Waals surface area contributed by atoms with Gasteiger partial charge in [-0.05, 0) is 24.3 Å². The lowest BCUT2D eigenvalue weighted by atomic mass is 10.2. The largest absolute Gasteiger partial charge is 0.207 e. The lowest BCUT2D eigenvalue weighted by Crippen LogP contribution is -1.93. The van der Waals surface area contributed by atoms with Crippen LogP contribution in [0, 0.1) is 11.3 Å². The van der Waals surface area contributed by atoms with Crippen molar-refractivity contribution < 1.29 is 0 Å². The molecule has 0 radical (unpaired) electrons. The molecular formula is C13H7BrN4. The smallest absolute Gasteiger partial charge is 0.183 e. The summed E-state index contributed by atoms with van der Waals surface area (Å²) in [5, 5.41) is 13.4. The second-order valence-corrected chi connectivity index (χ2v) is 4.56. The number of hydrogen-bond donors (Lipinski definition) is 0. The van der Waals surface area contributed by atoms with Crippen LogP contribution in [-0.4, -0.2) is 14.6 Å². The molecule has 0 aliphatic rings.